The number of piperazine rings is 1. The SMILES string of the molecule is CC[C@H](O)[C@@H](C)[C@H]1O[C@@H]1C[C@@](C)(O)/C=C/C=C(\C)[C@H]1OC(=O)C[C@H](O)CC[C@@](C)(OC(C)=O)[C@@H](OC(=O)N2CCN(CCNC)CC2)/C=C/[C@@H]1C.[2H][2H].[2H][2H].[2H][2H]. The second-order valence-electron chi connectivity index (χ2n) is 15.0. The van der Waals surface area contributed by atoms with Gasteiger partial charge in [0.25, 0.3) is 0 Å². The van der Waals surface area contributed by atoms with Crippen LogP contribution in [0.25, 0.3) is 0 Å². The Bertz CT molecular complexity index is 1270. The lowest BCUT2D eigenvalue weighted by atomic mass is 9.88. The molecule has 0 spiro atoms. The van der Waals surface area contributed by atoms with E-state index in [1.165, 1.54) is 6.92 Å². The van der Waals surface area contributed by atoms with Gasteiger partial charge in [-0.15, -0.1) is 0 Å². The first-order valence-electron chi connectivity index (χ1n) is 21.5. The highest BCUT2D eigenvalue weighted by Crippen LogP contribution is 2.38. The maximum Gasteiger partial charge on any atom is 0.410 e. The third-order valence-corrected chi connectivity index (χ3v) is 10.3. The Labute approximate surface area is 313 Å². The largest absolute Gasteiger partial charge is 0.457 e. The Morgan fingerprint density at radius 3 is 2.57 bits per heavy atom. The quantitative estimate of drug-likeness (QED) is 0.0710. The average Bonchev–Trinajstić information content (AvgIpc) is 3.95. The number of hydrogen-bond donors (Lipinski definition) is 4. The summed E-state index contributed by atoms with van der Waals surface area (Å²) in [6.07, 6.45) is 5.54. The van der Waals surface area contributed by atoms with Crippen molar-refractivity contribution in [3.63, 3.8) is 0 Å². The highest BCUT2D eigenvalue weighted by Gasteiger charge is 2.47. The molecular weight excluding hydrogens is 658 g/mol. The summed E-state index contributed by atoms with van der Waals surface area (Å²) in [6.45, 7) is 16.3. The molecule has 10 atom stereocenters. The predicted molar refractivity (Wildman–Crippen MR) is 199 cm³/mol. The zero-order chi connectivity index (χ0) is 43.9. The van der Waals surface area contributed by atoms with Crippen LogP contribution in [0.5, 0.6) is 0 Å². The molecule has 0 bridgehead atoms. The second kappa shape index (κ2) is 19.3. The lowest BCUT2D eigenvalue weighted by Gasteiger charge is -2.39. The van der Waals surface area contributed by atoms with Crippen molar-refractivity contribution in [2.24, 2.45) is 11.8 Å². The summed E-state index contributed by atoms with van der Waals surface area (Å²) in [6, 6.07) is 0. The topological polar surface area (TPSA) is 171 Å². The third kappa shape index (κ3) is 13.3. The molecule has 13 nitrogen and oxygen atoms in total. The van der Waals surface area contributed by atoms with Crippen molar-refractivity contribution >= 4 is 18.0 Å². The molecule has 0 saturated carbocycles. The number of esters is 2. The summed E-state index contributed by atoms with van der Waals surface area (Å²) in [7, 11) is 1.90. The number of nitrogens with zero attached hydrogens (tertiary/aromatic N) is 2. The number of nitrogens with one attached hydrogen (secondary N) is 1. The van der Waals surface area contributed by atoms with Crippen LogP contribution in [0.1, 0.15) is 89.5 Å². The number of epoxide rings is 1. The number of hydrogen-bond acceptors (Lipinski definition) is 12. The van der Waals surface area contributed by atoms with Crippen LogP contribution in [0, 0.1) is 11.8 Å². The number of rotatable bonds is 13. The molecule has 2 fully saturated rings. The Balaban J connectivity index is 0.00000498. The lowest BCUT2D eigenvalue weighted by Crippen LogP contribution is -2.52. The minimum atomic E-state index is -1.32. The van der Waals surface area contributed by atoms with E-state index in [1.54, 1.807) is 49.1 Å². The molecule has 296 valence electrons. The zero-order valence-electron chi connectivity index (χ0n) is 37.9. The summed E-state index contributed by atoms with van der Waals surface area (Å²) >= 11 is 0. The van der Waals surface area contributed by atoms with Gasteiger partial charge in [-0.05, 0) is 58.7 Å². The van der Waals surface area contributed by atoms with E-state index in [4.69, 9.17) is 27.9 Å². The number of carbonyl (C=O) groups excluding carboxylic acids is 3. The minimum Gasteiger partial charge on any atom is -0.457 e. The van der Waals surface area contributed by atoms with Crippen molar-refractivity contribution < 1.29 is 57.6 Å². The van der Waals surface area contributed by atoms with Crippen LogP contribution in [0.3, 0.4) is 0 Å². The number of ether oxygens (including phenoxy) is 4. The first-order valence-corrected chi connectivity index (χ1v) is 18.5. The Morgan fingerprint density at radius 1 is 1.25 bits per heavy atom. The van der Waals surface area contributed by atoms with E-state index in [1.807, 2.05) is 34.7 Å². The molecule has 3 heterocycles. The number of aliphatic hydroxyl groups excluding tert-OH is 2. The maximum atomic E-state index is 13.5. The van der Waals surface area contributed by atoms with Gasteiger partial charge >= 0.3 is 18.0 Å². The summed E-state index contributed by atoms with van der Waals surface area (Å²) in [5.41, 5.74) is -1.81. The fourth-order valence-electron chi connectivity index (χ4n) is 6.84. The Hall–Kier alpha value is -2.81. The van der Waals surface area contributed by atoms with E-state index in [0.29, 0.717) is 44.6 Å². The molecule has 0 aromatic rings. The summed E-state index contributed by atoms with van der Waals surface area (Å²) in [5.74, 6) is -1.58. The average molecular weight is 734 g/mol. The van der Waals surface area contributed by atoms with Crippen LogP contribution in [0.4, 0.5) is 4.79 Å². The molecule has 3 aliphatic heterocycles. The summed E-state index contributed by atoms with van der Waals surface area (Å²) in [4.78, 5) is 42.7. The molecule has 0 unspecified atom stereocenters. The standard InChI is InChI=1S/C38H63N3O10.3H2/c1-9-30(44)27(4)35-31(48-35)24-37(6,47)15-10-11-25(2)34-26(3)12-13-32(49-36(46)41-21-19-40(20-22-41)18-17-39-8)38(7,51-28(5)42)16-14-29(43)23-33(45)50-34;;;/h10-13,15,26-27,29-32,34-35,39,43-44,47H,9,14,16-24H2,1-8H3;3*1H/b13-12+,15-10+,25-11+;;;/t26-,27+,29+,30-,31+,32-,34+,35+,37-,38+;;;/m0.../s1/i;3*1+1D. The highest BCUT2D eigenvalue weighted by atomic mass is 16.6. The van der Waals surface area contributed by atoms with Gasteiger partial charge in [-0.25, -0.2) is 4.79 Å². The van der Waals surface area contributed by atoms with Crippen molar-refractivity contribution in [3.05, 3.63) is 36.0 Å². The number of allylic oxidation sites excluding steroid dienone is 2. The van der Waals surface area contributed by atoms with E-state index in [9.17, 15) is 29.7 Å². The summed E-state index contributed by atoms with van der Waals surface area (Å²) < 4.78 is 53.5. The van der Waals surface area contributed by atoms with Gasteiger partial charge in [0.2, 0.25) is 0 Å². The first-order chi connectivity index (χ1) is 27.0. The van der Waals surface area contributed by atoms with Crippen LogP contribution in [0.2, 0.25) is 0 Å². The van der Waals surface area contributed by atoms with E-state index in [-0.39, 0.29) is 37.4 Å². The van der Waals surface area contributed by atoms with Crippen LogP contribution < -0.4 is 5.32 Å². The van der Waals surface area contributed by atoms with Gasteiger partial charge in [0.1, 0.15) is 11.7 Å². The molecule has 3 rings (SSSR count). The first kappa shape index (κ1) is 37.9. The molecule has 0 aromatic heterocycles. The molecule has 4 N–H and O–H groups in total. The molecule has 0 radical (unpaired) electrons. The van der Waals surface area contributed by atoms with Crippen molar-refractivity contribution in [1.29, 1.82) is 0 Å². The Morgan fingerprint density at radius 2 is 1.94 bits per heavy atom. The second-order valence-corrected chi connectivity index (χ2v) is 15.0. The predicted octanol–water partition coefficient (Wildman–Crippen LogP) is 3.86. The highest BCUT2D eigenvalue weighted by molar-refractivity contribution is 5.71. The molecule has 0 aliphatic carbocycles. The van der Waals surface area contributed by atoms with Gasteiger partial charge in [0, 0.05) is 73.4 Å². The monoisotopic (exact) mass is 734 g/mol. The van der Waals surface area contributed by atoms with E-state index in [2.05, 4.69) is 10.2 Å². The van der Waals surface area contributed by atoms with Crippen LogP contribution >= 0.6 is 0 Å². The zero-order valence-corrected chi connectivity index (χ0v) is 31.9. The lowest BCUT2D eigenvalue weighted by molar-refractivity contribution is -0.168. The summed E-state index contributed by atoms with van der Waals surface area (Å²) in [5, 5.41) is 35.2. The third-order valence-electron chi connectivity index (χ3n) is 10.3. The van der Waals surface area contributed by atoms with Gasteiger partial charge in [0.15, 0.2) is 6.10 Å². The fourth-order valence-corrected chi connectivity index (χ4v) is 6.84. The van der Waals surface area contributed by atoms with E-state index in [0.717, 1.165) is 13.1 Å². The van der Waals surface area contributed by atoms with Crippen LogP contribution in [-0.2, 0) is 28.5 Å². The van der Waals surface area contributed by atoms with Crippen LogP contribution in [0.15, 0.2) is 36.0 Å². The molecular formula is C38H69N3O10. The maximum absolute atomic E-state index is 13.5. The molecule has 0 aromatic carbocycles. The van der Waals surface area contributed by atoms with E-state index >= 15 is 0 Å². The van der Waals surface area contributed by atoms with Crippen molar-refractivity contribution in [3.8, 4) is 0 Å². The number of aliphatic hydroxyl groups is 3. The molecule has 2 saturated heterocycles. The van der Waals surface area contributed by atoms with Gasteiger partial charge in [-0.2, -0.15) is 0 Å². The van der Waals surface area contributed by atoms with Crippen molar-refractivity contribution in [2.45, 2.75) is 128 Å². The number of cyclic esters (lactones) is 1. The van der Waals surface area contributed by atoms with Crippen molar-refractivity contribution in [1.82, 2.24) is 15.1 Å². The van der Waals surface area contributed by atoms with Gasteiger partial charge < -0.3 is 44.5 Å². The van der Waals surface area contributed by atoms with Crippen molar-refractivity contribution in [2.75, 3.05) is 46.3 Å². The molecule has 1 amide bonds. The normalized spacial score (nSPS) is 33.4. The molecule has 51 heavy (non-hydrogen) atoms. The molecule has 13 heteroatoms. The number of carbonyl (C=O) groups is 3. The van der Waals surface area contributed by atoms with Crippen LogP contribution in [-0.4, -0.2) is 137 Å². The number of amides is 1. The minimum absolute atomic E-state index is 0.0234. The van der Waals surface area contributed by atoms with Gasteiger partial charge in [-0.1, -0.05) is 45.1 Å². The fraction of sp³-hybridized carbons (Fsp3) is 0.763. The van der Waals surface area contributed by atoms with E-state index < -0.39 is 59.6 Å². The molecule has 3 aliphatic rings. The number of likely N-dealkylation sites (N-methyl/N-ethyl adjacent to an activating group) is 1. The smallest absolute Gasteiger partial charge is 0.410 e. The van der Waals surface area contributed by atoms with Gasteiger partial charge in [0.05, 0.1) is 36.4 Å². The van der Waals surface area contributed by atoms with Gasteiger partial charge in [-0.3, -0.25) is 14.5 Å². The Kier molecular flexibility index (Phi) is 14.4.